The third-order valence-electron chi connectivity index (χ3n) is 6.18. The normalized spacial score (nSPS) is 11.1. The Bertz CT molecular complexity index is 1180. The molecule has 2 aromatic carbocycles. The number of benzene rings is 2. The molecule has 0 aliphatic rings. The highest BCUT2D eigenvalue weighted by atomic mass is 16.5. The maximum atomic E-state index is 13.5. The fourth-order valence-corrected chi connectivity index (χ4v) is 4.18. The molecular formula is C29H37N3O3. The number of para-hydroxylation sites is 1. The first-order chi connectivity index (χ1) is 16.8. The van der Waals surface area contributed by atoms with E-state index in [0.717, 1.165) is 35.2 Å². The summed E-state index contributed by atoms with van der Waals surface area (Å²) in [6.45, 7) is 10.5. The van der Waals surface area contributed by atoms with E-state index in [2.05, 4.69) is 45.3 Å². The van der Waals surface area contributed by atoms with Crippen molar-refractivity contribution in [1.82, 2.24) is 4.57 Å². The minimum atomic E-state index is -0.415. The topological polar surface area (TPSA) is 72.4 Å². The van der Waals surface area contributed by atoms with Crippen LogP contribution in [0.5, 0.6) is 5.75 Å². The fourth-order valence-electron chi connectivity index (χ4n) is 4.18. The van der Waals surface area contributed by atoms with Crippen LogP contribution in [0.4, 0.5) is 16.2 Å². The van der Waals surface area contributed by atoms with Crippen LogP contribution < -0.4 is 20.9 Å². The molecule has 0 aliphatic carbocycles. The molecule has 3 rings (SSSR count). The zero-order valence-corrected chi connectivity index (χ0v) is 21.6. The second kappa shape index (κ2) is 11.7. The molecule has 0 bridgehead atoms. The van der Waals surface area contributed by atoms with Crippen LogP contribution in [0.2, 0.25) is 0 Å². The number of rotatable bonds is 9. The van der Waals surface area contributed by atoms with Crippen LogP contribution in [0.1, 0.15) is 76.0 Å². The monoisotopic (exact) mass is 475 g/mol. The molecule has 3 aromatic rings. The summed E-state index contributed by atoms with van der Waals surface area (Å²) >= 11 is 0. The van der Waals surface area contributed by atoms with Crippen LogP contribution in [0.15, 0.2) is 59.5 Å². The Morgan fingerprint density at radius 2 is 1.51 bits per heavy atom. The molecule has 2 amide bonds. The lowest BCUT2D eigenvalue weighted by Gasteiger charge is -2.21. The third kappa shape index (κ3) is 6.13. The van der Waals surface area contributed by atoms with Gasteiger partial charge in [-0.1, -0.05) is 59.2 Å². The number of ether oxygens (including phenoxy) is 1. The lowest BCUT2D eigenvalue weighted by atomic mass is 9.93. The molecule has 2 N–H and O–H groups in total. The second-order valence-electron chi connectivity index (χ2n) is 9.39. The van der Waals surface area contributed by atoms with Crippen molar-refractivity contribution < 1.29 is 9.53 Å². The summed E-state index contributed by atoms with van der Waals surface area (Å²) in [7, 11) is 1.60. The van der Waals surface area contributed by atoms with Gasteiger partial charge in [0, 0.05) is 17.6 Å². The largest absolute Gasteiger partial charge is 0.497 e. The summed E-state index contributed by atoms with van der Waals surface area (Å²) in [4.78, 5) is 26.8. The van der Waals surface area contributed by atoms with Crippen LogP contribution in [-0.2, 0) is 6.42 Å². The third-order valence-corrected chi connectivity index (χ3v) is 6.18. The molecule has 6 heteroatoms. The molecule has 0 aliphatic heterocycles. The Labute approximate surface area is 208 Å². The number of carbonyl (C=O) groups is 1. The maximum Gasteiger partial charge on any atom is 0.323 e. The van der Waals surface area contributed by atoms with Gasteiger partial charge in [0.05, 0.1) is 7.11 Å². The molecule has 1 heterocycles. The molecule has 1 aromatic heterocycles. The molecule has 0 radical (unpaired) electrons. The molecule has 6 nitrogen and oxygen atoms in total. The van der Waals surface area contributed by atoms with Crippen molar-refractivity contribution in [3.63, 3.8) is 0 Å². The highest BCUT2D eigenvalue weighted by Gasteiger charge is 2.18. The Hall–Kier alpha value is -3.54. The Morgan fingerprint density at radius 3 is 2.06 bits per heavy atom. The summed E-state index contributed by atoms with van der Waals surface area (Å²) in [6.07, 6.45) is 4.40. The number of pyridine rings is 1. The van der Waals surface area contributed by atoms with Crippen LogP contribution >= 0.6 is 0 Å². The van der Waals surface area contributed by atoms with Gasteiger partial charge in [0.25, 0.3) is 5.56 Å². The van der Waals surface area contributed by atoms with E-state index in [1.807, 2.05) is 48.5 Å². The quantitative estimate of drug-likeness (QED) is 0.347. The summed E-state index contributed by atoms with van der Waals surface area (Å²) in [5, 5.41) is 5.95. The predicted molar refractivity (Wildman–Crippen MR) is 144 cm³/mol. The summed E-state index contributed by atoms with van der Waals surface area (Å²) in [5.41, 5.74) is 4.54. The first-order valence-corrected chi connectivity index (χ1v) is 12.4. The second-order valence-corrected chi connectivity index (χ2v) is 9.39. The van der Waals surface area contributed by atoms with Gasteiger partial charge in [-0.3, -0.25) is 9.36 Å². The predicted octanol–water partition coefficient (Wildman–Crippen LogP) is 7.08. The minimum absolute atomic E-state index is 0.244. The molecule has 0 atom stereocenters. The van der Waals surface area contributed by atoms with E-state index in [4.69, 9.17) is 4.74 Å². The van der Waals surface area contributed by atoms with Crippen molar-refractivity contribution in [2.24, 2.45) is 0 Å². The molecular weight excluding hydrogens is 438 g/mol. The lowest BCUT2D eigenvalue weighted by molar-refractivity contribution is 0.262. The number of methoxy groups -OCH3 is 1. The number of aryl methyl sites for hydroxylation is 1. The summed E-state index contributed by atoms with van der Waals surface area (Å²) in [5.74, 6) is 1.20. The Kier molecular flexibility index (Phi) is 8.74. The number of carbonyl (C=O) groups excluding carboxylic acids is 1. The summed E-state index contributed by atoms with van der Waals surface area (Å²) in [6, 6.07) is 14.9. The van der Waals surface area contributed by atoms with E-state index >= 15 is 0 Å². The van der Waals surface area contributed by atoms with Crippen LogP contribution in [0.3, 0.4) is 0 Å². The van der Waals surface area contributed by atoms with Crippen LogP contribution in [-0.4, -0.2) is 17.7 Å². The first kappa shape index (κ1) is 26.1. The van der Waals surface area contributed by atoms with Gasteiger partial charge in [-0.25, -0.2) is 4.79 Å². The van der Waals surface area contributed by atoms with Crippen LogP contribution in [0, 0.1) is 0 Å². The van der Waals surface area contributed by atoms with Gasteiger partial charge < -0.3 is 15.4 Å². The zero-order chi connectivity index (χ0) is 25.5. The minimum Gasteiger partial charge on any atom is -0.497 e. The van der Waals surface area contributed by atoms with E-state index in [1.54, 1.807) is 17.9 Å². The van der Waals surface area contributed by atoms with Crippen molar-refractivity contribution in [3.8, 4) is 11.4 Å². The highest BCUT2D eigenvalue weighted by Crippen LogP contribution is 2.32. The van der Waals surface area contributed by atoms with Crippen molar-refractivity contribution in [2.45, 2.75) is 65.7 Å². The zero-order valence-electron chi connectivity index (χ0n) is 21.6. The number of urea groups is 1. The molecule has 0 unspecified atom stereocenters. The molecule has 0 fully saturated rings. The fraction of sp³-hybridized carbons (Fsp3) is 0.379. The number of anilines is 2. The lowest BCUT2D eigenvalue weighted by Crippen LogP contribution is -2.29. The number of hydrogen-bond acceptors (Lipinski definition) is 3. The standard InChI is InChI=1S/C29H37N3O3/c1-7-8-10-21-17-18-32(22-13-15-23(35-6)16-14-22)28(33)26(21)30-29(34)31-27-24(19(2)3)11-9-12-25(27)20(4)5/h9,11-20H,7-8,10H2,1-6H3,(H2,30,31,34). The number of amides is 2. The van der Waals surface area contributed by atoms with E-state index in [-0.39, 0.29) is 17.4 Å². The average molecular weight is 476 g/mol. The number of nitrogens with zero attached hydrogens (tertiary/aromatic N) is 1. The van der Waals surface area contributed by atoms with Gasteiger partial charge in [-0.05, 0) is 71.7 Å². The van der Waals surface area contributed by atoms with E-state index in [9.17, 15) is 9.59 Å². The van der Waals surface area contributed by atoms with Crippen molar-refractivity contribution in [2.75, 3.05) is 17.7 Å². The number of aromatic nitrogens is 1. The van der Waals surface area contributed by atoms with E-state index in [1.165, 1.54) is 0 Å². The smallest absolute Gasteiger partial charge is 0.323 e. The summed E-state index contributed by atoms with van der Waals surface area (Å²) < 4.78 is 6.78. The van der Waals surface area contributed by atoms with Crippen molar-refractivity contribution in [3.05, 3.63) is 81.8 Å². The Balaban J connectivity index is 1.99. The maximum absolute atomic E-state index is 13.5. The SMILES string of the molecule is CCCCc1ccn(-c2ccc(OC)cc2)c(=O)c1NC(=O)Nc1c(C(C)C)cccc1C(C)C. The molecule has 186 valence electrons. The number of hydrogen-bond donors (Lipinski definition) is 2. The van der Waals surface area contributed by atoms with Gasteiger partial charge in [0.2, 0.25) is 0 Å². The van der Waals surface area contributed by atoms with Crippen molar-refractivity contribution in [1.29, 1.82) is 0 Å². The number of unbranched alkanes of at least 4 members (excludes halogenated alkanes) is 1. The van der Waals surface area contributed by atoms with Gasteiger partial charge in [0.15, 0.2) is 0 Å². The van der Waals surface area contributed by atoms with Gasteiger partial charge in [0.1, 0.15) is 11.4 Å². The van der Waals surface area contributed by atoms with Crippen LogP contribution in [0.25, 0.3) is 5.69 Å². The first-order valence-electron chi connectivity index (χ1n) is 12.4. The van der Waals surface area contributed by atoms with Gasteiger partial charge in [-0.15, -0.1) is 0 Å². The molecule has 0 spiro atoms. The van der Waals surface area contributed by atoms with E-state index < -0.39 is 6.03 Å². The van der Waals surface area contributed by atoms with Gasteiger partial charge >= 0.3 is 6.03 Å². The van der Waals surface area contributed by atoms with Gasteiger partial charge in [-0.2, -0.15) is 0 Å². The average Bonchev–Trinajstić information content (AvgIpc) is 2.84. The molecule has 0 saturated carbocycles. The molecule has 35 heavy (non-hydrogen) atoms. The Morgan fingerprint density at radius 1 is 0.914 bits per heavy atom. The molecule has 0 saturated heterocycles. The van der Waals surface area contributed by atoms with E-state index in [0.29, 0.717) is 23.5 Å². The number of nitrogens with one attached hydrogen (secondary N) is 2. The van der Waals surface area contributed by atoms with Crippen molar-refractivity contribution >= 4 is 17.4 Å². The highest BCUT2D eigenvalue weighted by molar-refractivity contribution is 6.01.